The molecule has 0 unspecified atom stereocenters. The van der Waals surface area contributed by atoms with Crippen LogP contribution in [0.15, 0.2) is 12.7 Å². The summed E-state index contributed by atoms with van der Waals surface area (Å²) in [4.78, 5) is 12.3. The monoisotopic (exact) mass is 373 g/mol. The highest BCUT2D eigenvalue weighted by atomic mass is 28.4. The van der Waals surface area contributed by atoms with Gasteiger partial charge in [0.2, 0.25) is 0 Å². The van der Waals surface area contributed by atoms with E-state index in [0.29, 0.717) is 6.42 Å². The fraction of sp³-hybridized carbons (Fsp3) is 0.842. The van der Waals surface area contributed by atoms with E-state index in [1.807, 2.05) is 6.92 Å². The Labute approximate surface area is 155 Å². The fourth-order valence-electron chi connectivity index (χ4n) is 2.34. The largest absolute Gasteiger partial charge is 0.444 e. The van der Waals surface area contributed by atoms with Gasteiger partial charge in [0, 0.05) is 0 Å². The van der Waals surface area contributed by atoms with Gasteiger partial charge in [-0.15, -0.1) is 6.58 Å². The van der Waals surface area contributed by atoms with E-state index >= 15 is 0 Å². The summed E-state index contributed by atoms with van der Waals surface area (Å²) in [6.45, 7) is 23.5. The molecule has 0 fully saturated rings. The molecule has 0 saturated carbocycles. The van der Waals surface area contributed by atoms with Gasteiger partial charge in [-0.25, -0.2) is 4.79 Å². The Kier molecular flexibility index (Phi) is 7.95. The Morgan fingerprint density at radius 1 is 1.20 bits per heavy atom. The molecule has 0 heterocycles. The second-order valence-corrected chi connectivity index (χ2v) is 14.3. The summed E-state index contributed by atoms with van der Waals surface area (Å²) in [5.41, 5.74) is -1.80. The van der Waals surface area contributed by atoms with Crippen LogP contribution in [0.2, 0.25) is 18.1 Å². The first-order chi connectivity index (χ1) is 10.9. The Balaban J connectivity index is 5.46. The fourth-order valence-corrected chi connectivity index (χ4v) is 3.76. The number of alkyl carbamates (subject to hydrolysis) is 1. The van der Waals surface area contributed by atoms with Crippen LogP contribution in [0, 0.1) is 0 Å². The molecule has 148 valence electrons. The molecule has 2 N–H and O–H groups in total. The summed E-state index contributed by atoms with van der Waals surface area (Å²) in [6, 6.07) is -0.616. The van der Waals surface area contributed by atoms with Gasteiger partial charge in [0.25, 0.3) is 0 Å². The molecule has 0 aromatic rings. The first-order valence-electron chi connectivity index (χ1n) is 8.93. The smallest absolute Gasteiger partial charge is 0.408 e. The van der Waals surface area contributed by atoms with Crippen molar-refractivity contribution in [2.75, 3.05) is 0 Å². The van der Waals surface area contributed by atoms with E-state index in [1.165, 1.54) is 0 Å². The molecule has 1 amide bonds. The number of nitrogens with one attached hydrogen (secondary N) is 1. The van der Waals surface area contributed by atoms with Gasteiger partial charge in [0.05, 0.1) is 17.7 Å². The predicted molar refractivity (Wildman–Crippen MR) is 106 cm³/mol. The number of amides is 1. The van der Waals surface area contributed by atoms with Gasteiger partial charge in [0.1, 0.15) is 5.60 Å². The van der Waals surface area contributed by atoms with Gasteiger partial charge in [-0.2, -0.15) is 0 Å². The summed E-state index contributed by atoms with van der Waals surface area (Å²) in [6.07, 6.45) is 1.04. The number of aliphatic hydroxyl groups is 1. The molecule has 3 atom stereocenters. The highest BCUT2D eigenvalue weighted by molar-refractivity contribution is 6.74. The van der Waals surface area contributed by atoms with E-state index in [1.54, 1.807) is 33.8 Å². The van der Waals surface area contributed by atoms with Crippen molar-refractivity contribution in [2.24, 2.45) is 0 Å². The molecule has 0 radical (unpaired) electrons. The summed E-state index contributed by atoms with van der Waals surface area (Å²) >= 11 is 0. The van der Waals surface area contributed by atoms with E-state index in [9.17, 15) is 9.90 Å². The third kappa shape index (κ3) is 7.92. The Morgan fingerprint density at radius 2 is 1.68 bits per heavy atom. The van der Waals surface area contributed by atoms with Crippen LogP contribution in [0.1, 0.15) is 61.8 Å². The van der Waals surface area contributed by atoms with Gasteiger partial charge < -0.3 is 19.6 Å². The number of hydrogen-bond acceptors (Lipinski definition) is 4. The lowest BCUT2D eigenvalue weighted by Gasteiger charge is -2.43. The van der Waals surface area contributed by atoms with Crippen molar-refractivity contribution in [2.45, 2.75) is 103 Å². The van der Waals surface area contributed by atoms with Crippen LogP contribution in [0.4, 0.5) is 4.79 Å². The molecule has 0 aliphatic rings. The van der Waals surface area contributed by atoms with E-state index in [2.05, 4.69) is 45.8 Å². The van der Waals surface area contributed by atoms with Crippen LogP contribution < -0.4 is 5.32 Å². The van der Waals surface area contributed by atoms with E-state index in [-0.39, 0.29) is 11.1 Å². The number of carbonyl (C=O) groups is 1. The molecular weight excluding hydrogens is 334 g/mol. The van der Waals surface area contributed by atoms with Gasteiger partial charge >= 0.3 is 6.09 Å². The second kappa shape index (κ2) is 8.23. The molecule has 25 heavy (non-hydrogen) atoms. The van der Waals surface area contributed by atoms with Crippen LogP contribution in [-0.4, -0.2) is 42.9 Å². The minimum absolute atomic E-state index is 0.0298. The molecule has 0 aliphatic carbocycles. The zero-order chi connectivity index (χ0) is 20.3. The average Bonchev–Trinajstić information content (AvgIpc) is 2.31. The molecule has 0 saturated heterocycles. The van der Waals surface area contributed by atoms with Crippen molar-refractivity contribution < 1.29 is 19.1 Å². The molecule has 5 nitrogen and oxygen atoms in total. The van der Waals surface area contributed by atoms with Gasteiger partial charge in [-0.05, 0) is 59.2 Å². The second-order valence-electron chi connectivity index (χ2n) is 9.56. The Hall–Kier alpha value is -0.853. The molecular formula is C19H39NO4Si. The molecule has 6 heteroatoms. The third-order valence-corrected chi connectivity index (χ3v) is 9.23. The van der Waals surface area contributed by atoms with Crippen LogP contribution >= 0.6 is 0 Å². The van der Waals surface area contributed by atoms with E-state index < -0.39 is 31.7 Å². The van der Waals surface area contributed by atoms with Crippen molar-refractivity contribution in [3.63, 3.8) is 0 Å². The number of carbonyl (C=O) groups excluding carboxylic acids is 1. The molecule has 0 spiro atoms. The maximum Gasteiger partial charge on any atom is 0.408 e. The summed E-state index contributed by atoms with van der Waals surface area (Å²) in [5.74, 6) is 0. The highest BCUT2D eigenvalue weighted by Crippen LogP contribution is 2.38. The maximum atomic E-state index is 12.3. The van der Waals surface area contributed by atoms with Gasteiger partial charge in [-0.1, -0.05) is 26.8 Å². The van der Waals surface area contributed by atoms with Crippen molar-refractivity contribution in [1.82, 2.24) is 5.32 Å². The van der Waals surface area contributed by atoms with Crippen molar-refractivity contribution in [1.29, 1.82) is 0 Å². The quantitative estimate of drug-likeness (QED) is 0.505. The Bertz CT molecular complexity index is 461. The van der Waals surface area contributed by atoms with Crippen LogP contribution in [0.3, 0.4) is 0 Å². The predicted octanol–water partition coefficient (Wildman–Crippen LogP) is 4.62. The third-order valence-electron chi connectivity index (χ3n) is 4.66. The van der Waals surface area contributed by atoms with Gasteiger partial charge in [-0.3, -0.25) is 0 Å². The highest BCUT2D eigenvalue weighted by Gasteiger charge is 2.44. The lowest BCUT2D eigenvalue weighted by Crippen LogP contribution is -2.60. The zero-order valence-electron chi connectivity index (χ0n) is 17.8. The minimum atomic E-state index is -2.06. The minimum Gasteiger partial charge on any atom is -0.444 e. The molecule has 0 rings (SSSR count). The molecule has 0 aliphatic heterocycles. The van der Waals surface area contributed by atoms with Crippen molar-refractivity contribution in [3.8, 4) is 0 Å². The Morgan fingerprint density at radius 3 is 2.04 bits per heavy atom. The van der Waals surface area contributed by atoms with Crippen LogP contribution in [0.5, 0.6) is 0 Å². The van der Waals surface area contributed by atoms with Crippen molar-refractivity contribution in [3.05, 3.63) is 12.7 Å². The summed E-state index contributed by atoms with van der Waals surface area (Å²) < 4.78 is 11.8. The standard InChI is InChI=1S/C19H39NO4Si/c1-12-13-19(9,22)15(20-16(21)23-17(3,4)5)14(2)24-25(10,11)18(6,7)8/h12,14-15,22H,1,13H2,2-11H3,(H,20,21)/t14-,15+,19-/m0/s1. The lowest BCUT2D eigenvalue weighted by molar-refractivity contribution is -0.0282. The SMILES string of the molecule is C=CC[C@](C)(O)[C@H](NC(=O)OC(C)(C)C)[C@H](C)O[Si](C)(C)C(C)(C)C. The summed E-state index contributed by atoms with van der Waals surface area (Å²) in [7, 11) is -2.06. The van der Waals surface area contributed by atoms with Crippen molar-refractivity contribution >= 4 is 14.4 Å². The number of rotatable bonds is 7. The first-order valence-corrected chi connectivity index (χ1v) is 11.8. The number of hydrogen-bond donors (Lipinski definition) is 2. The van der Waals surface area contributed by atoms with Crippen LogP contribution in [-0.2, 0) is 9.16 Å². The van der Waals surface area contributed by atoms with E-state index in [4.69, 9.17) is 9.16 Å². The first kappa shape index (κ1) is 24.1. The number of ether oxygens (including phenoxy) is 1. The van der Waals surface area contributed by atoms with E-state index in [0.717, 1.165) is 0 Å². The van der Waals surface area contributed by atoms with Gasteiger partial charge in [0.15, 0.2) is 8.32 Å². The molecule has 0 aromatic carbocycles. The topological polar surface area (TPSA) is 67.8 Å². The average molecular weight is 374 g/mol. The van der Waals surface area contributed by atoms with Crippen LogP contribution in [0.25, 0.3) is 0 Å². The molecule has 0 aromatic heterocycles. The normalized spacial score (nSPS) is 18.0. The maximum absolute atomic E-state index is 12.3. The molecule has 0 bridgehead atoms. The summed E-state index contributed by atoms with van der Waals surface area (Å²) in [5, 5.41) is 13.7. The lowest BCUT2D eigenvalue weighted by atomic mass is 9.89. The zero-order valence-corrected chi connectivity index (χ0v) is 18.8.